The maximum absolute atomic E-state index is 11.5. The first-order valence-corrected chi connectivity index (χ1v) is 8.63. The second-order valence-electron chi connectivity index (χ2n) is 4.32. The van der Waals surface area contributed by atoms with Gasteiger partial charge in [0.25, 0.3) is 0 Å². The van der Waals surface area contributed by atoms with Crippen molar-refractivity contribution in [2.75, 3.05) is 6.26 Å². The van der Waals surface area contributed by atoms with Gasteiger partial charge in [-0.25, -0.2) is 18.4 Å². The molecule has 17 heavy (non-hydrogen) atoms. The SMILES string of the molecule is CC(c1nc(Cl)c(I)c(C2CC2)n1)S(C)(=O)=O. The second-order valence-corrected chi connectivity index (χ2v) is 8.12. The molecule has 0 N–H and O–H groups in total. The van der Waals surface area contributed by atoms with E-state index in [2.05, 4.69) is 32.6 Å². The minimum absolute atomic E-state index is 0.305. The van der Waals surface area contributed by atoms with Crippen LogP contribution in [0.1, 0.15) is 42.5 Å². The molecule has 1 aromatic rings. The number of aromatic nitrogens is 2. The molecule has 1 unspecified atom stereocenters. The standard InChI is InChI=1S/C10H12ClIN2O2S/c1-5(17(2,15)16)10-13-8(6-3-4-6)7(12)9(11)14-10/h5-6H,3-4H2,1-2H3. The zero-order chi connectivity index (χ0) is 12.8. The molecule has 0 spiro atoms. The summed E-state index contributed by atoms with van der Waals surface area (Å²) in [5.74, 6) is 0.729. The van der Waals surface area contributed by atoms with Crippen molar-refractivity contribution in [1.29, 1.82) is 0 Å². The molecule has 4 nitrogen and oxygen atoms in total. The molecule has 0 amide bonds. The van der Waals surface area contributed by atoms with E-state index >= 15 is 0 Å². The van der Waals surface area contributed by atoms with Crippen LogP contribution in [0.15, 0.2) is 0 Å². The summed E-state index contributed by atoms with van der Waals surface area (Å²) in [4.78, 5) is 8.46. The van der Waals surface area contributed by atoms with E-state index in [0.717, 1.165) is 22.1 Å². The molecule has 1 atom stereocenters. The Morgan fingerprint density at radius 3 is 2.47 bits per heavy atom. The summed E-state index contributed by atoms with van der Waals surface area (Å²) in [5, 5.41) is -0.359. The molecule has 0 bridgehead atoms. The lowest BCUT2D eigenvalue weighted by Crippen LogP contribution is -2.13. The van der Waals surface area contributed by atoms with Crippen LogP contribution in [0.2, 0.25) is 5.15 Å². The predicted octanol–water partition coefficient (Wildman–Crippen LogP) is 2.72. The third-order valence-electron chi connectivity index (χ3n) is 2.82. The molecule has 7 heteroatoms. The van der Waals surface area contributed by atoms with Gasteiger partial charge in [0.1, 0.15) is 16.2 Å². The normalized spacial score (nSPS) is 18.1. The quantitative estimate of drug-likeness (QED) is 0.592. The van der Waals surface area contributed by atoms with Gasteiger partial charge in [0, 0.05) is 12.2 Å². The molecule has 1 aliphatic carbocycles. The average molecular weight is 387 g/mol. The molecule has 1 fully saturated rings. The molecule has 0 aliphatic heterocycles. The molecular weight excluding hydrogens is 375 g/mol. The van der Waals surface area contributed by atoms with E-state index in [-0.39, 0.29) is 0 Å². The summed E-state index contributed by atoms with van der Waals surface area (Å²) >= 11 is 8.15. The molecule has 1 heterocycles. The van der Waals surface area contributed by atoms with Crippen LogP contribution in [0.5, 0.6) is 0 Å². The Hall–Kier alpha value is 0.0500. The van der Waals surface area contributed by atoms with Crippen LogP contribution in [0.25, 0.3) is 0 Å². The van der Waals surface area contributed by atoms with Gasteiger partial charge < -0.3 is 0 Å². The maximum atomic E-state index is 11.5. The van der Waals surface area contributed by atoms with E-state index in [1.165, 1.54) is 6.26 Å². The van der Waals surface area contributed by atoms with E-state index in [4.69, 9.17) is 11.6 Å². The Labute approximate surface area is 119 Å². The Morgan fingerprint density at radius 1 is 1.41 bits per heavy atom. The largest absolute Gasteiger partial charge is 0.235 e. The lowest BCUT2D eigenvalue weighted by molar-refractivity contribution is 0.588. The van der Waals surface area contributed by atoms with Gasteiger partial charge in [0.15, 0.2) is 9.84 Å². The first-order valence-electron chi connectivity index (χ1n) is 5.22. The van der Waals surface area contributed by atoms with Crippen LogP contribution in [-0.2, 0) is 9.84 Å². The lowest BCUT2D eigenvalue weighted by Gasteiger charge is -2.11. The number of sulfone groups is 1. The van der Waals surface area contributed by atoms with Gasteiger partial charge in [0.05, 0.1) is 9.26 Å². The predicted molar refractivity (Wildman–Crippen MR) is 75.0 cm³/mol. The van der Waals surface area contributed by atoms with E-state index in [1.54, 1.807) is 6.92 Å². The van der Waals surface area contributed by atoms with Crippen molar-refractivity contribution in [1.82, 2.24) is 9.97 Å². The Morgan fingerprint density at radius 2 is 2.00 bits per heavy atom. The molecule has 1 saturated carbocycles. The summed E-state index contributed by atoms with van der Waals surface area (Å²) in [7, 11) is -3.19. The first kappa shape index (κ1) is 13.5. The van der Waals surface area contributed by atoms with E-state index in [9.17, 15) is 8.42 Å². The van der Waals surface area contributed by atoms with Crippen molar-refractivity contribution in [2.24, 2.45) is 0 Å². The molecule has 94 valence electrons. The maximum Gasteiger partial charge on any atom is 0.157 e. The number of hydrogen-bond acceptors (Lipinski definition) is 4. The van der Waals surface area contributed by atoms with Crippen LogP contribution in [0.4, 0.5) is 0 Å². The second kappa shape index (κ2) is 4.62. The monoisotopic (exact) mass is 386 g/mol. The minimum atomic E-state index is -3.19. The molecule has 2 rings (SSSR count). The third kappa shape index (κ3) is 2.90. The van der Waals surface area contributed by atoms with Gasteiger partial charge in [-0.3, -0.25) is 0 Å². The fraction of sp³-hybridized carbons (Fsp3) is 0.600. The van der Waals surface area contributed by atoms with Crippen molar-refractivity contribution in [3.63, 3.8) is 0 Å². The van der Waals surface area contributed by atoms with Crippen LogP contribution in [-0.4, -0.2) is 24.6 Å². The van der Waals surface area contributed by atoms with Gasteiger partial charge in [-0.05, 0) is 42.4 Å². The smallest absolute Gasteiger partial charge is 0.157 e. The Balaban J connectivity index is 2.49. The van der Waals surface area contributed by atoms with Gasteiger partial charge in [-0.1, -0.05) is 11.6 Å². The minimum Gasteiger partial charge on any atom is -0.235 e. The molecule has 1 aromatic heterocycles. The van der Waals surface area contributed by atoms with Crippen molar-refractivity contribution in [3.05, 3.63) is 20.2 Å². The zero-order valence-corrected chi connectivity index (χ0v) is 13.2. The van der Waals surface area contributed by atoms with Crippen molar-refractivity contribution < 1.29 is 8.42 Å². The highest BCUT2D eigenvalue weighted by molar-refractivity contribution is 14.1. The number of hydrogen-bond donors (Lipinski definition) is 0. The van der Waals surface area contributed by atoms with Gasteiger partial charge in [-0.2, -0.15) is 0 Å². The highest BCUT2D eigenvalue weighted by Crippen LogP contribution is 2.42. The van der Waals surface area contributed by atoms with Crippen molar-refractivity contribution >= 4 is 44.0 Å². The highest BCUT2D eigenvalue weighted by atomic mass is 127. The van der Waals surface area contributed by atoms with Crippen LogP contribution in [0.3, 0.4) is 0 Å². The lowest BCUT2D eigenvalue weighted by atomic mass is 10.3. The van der Waals surface area contributed by atoms with Crippen LogP contribution >= 0.6 is 34.2 Å². The van der Waals surface area contributed by atoms with E-state index < -0.39 is 15.1 Å². The summed E-state index contributed by atoms with van der Waals surface area (Å²) in [6.07, 6.45) is 3.37. The Bertz CT molecular complexity index is 558. The summed E-state index contributed by atoms with van der Waals surface area (Å²) in [6, 6.07) is 0. The van der Waals surface area contributed by atoms with Crippen LogP contribution in [0, 0.1) is 3.57 Å². The van der Waals surface area contributed by atoms with Gasteiger partial charge in [0.2, 0.25) is 0 Å². The number of halogens is 2. The van der Waals surface area contributed by atoms with Crippen LogP contribution < -0.4 is 0 Å². The topological polar surface area (TPSA) is 59.9 Å². The molecule has 1 aliphatic rings. The highest BCUT2D eigenvalue weighted by Gasteiger charge is 2.31. The first-order chi connectivity index (χ1) is 7.80. The summed E-state index contributed by atoms with van der Waals surface area (Å²) < 4.78 is 23.8. The van der Waals surface area contributed by atoms with E-state index in [0.29, 0.717) is 16.9 Å². The van der Waals surface area contributed by atoms with Crippen molar-refractivity contribution in [2.45, 2.75) is 30.9 Å². The molecule has 0 saturated heterocycles. The fourth-order valence-corrected chi connectivity index (χ4v) is 2.81. The number of rotatable bonds is 3. The molecule has 0 radical (unpaired) electrons. The average Bonchev–Trinajstić information content (AvgIpc) is 3.03. The summed E-state index contributed by atoms with van der Waals surface area (Å²) in [6.45, 7) is 1.59. The molecular formula is C10H12ClIN2O2S. The molecule has 0 aromatic carbocycles. The third-order valence-corrected chi connectivity index (χ3v) is 5.97. The van der Waals surface area contributed by atoms with E-state index in [1.807, 2.05) is 0 Å². The van der Waals surface area contributed by atoms with Gasteiger partial charge in [-0.15, -0.1) is 0 Å². The number of nitrogens with zero attached hydrogens (tertiary/aromatic N) is 2. The Kier molecular flexibility index (Phi) is 3.66. The van der Waals surface area contributed by atoms with Gasteiger partial charge >= 0.3 is 0 Å². The fourth-order valence-electron chi connectivity index (χ4n) is 1.45. The summed E-state index contributed by atoms with van der Waals surface area (Å²) in [5.41, 5.74) is 0.899. The zero-order valence-electron chi connectivity index (χ0n) is 9.44. The van der Waals surface area contributed by atoms with Crippen molar-refractivity contribution in [3.8, 4) is 0 Å².